The van der Waals surface area contributed by atoms with Gasteiger partial charge in [0.1, 0.15) is 5.75 Å². The number of nitrogens with one attached hydrogen (secondary N) is 1. The van der Waals surface area contributed by atoms with Gasteiger partial charge in [0, 0.05) is 22.9 Å². The third kappa shape index (κ3) is 2.32. The van der Waals surface area contributed by atoms with Crippen LogP contribution in [0.1, 0.15) is 26.3 Å². The monoisotopic (exact) mass is 266 g/mol. The zero-order valence-electron chi connectivity index (χ0n) is 11.3. The van der Waals surface area contributed by atoms with Gasteiger partial charge in [-0.3, -0.25) is 5.10 Å². The molecule has 0 aliphatic carbocycles. The summed E-state index contributed by atoms with van der Waals surface area (Å²) in [5.41, 5.74) is 0.302. The Labute approximate surface area is 110 Å². The van der Waals surface area contributed by atoms with Gasteiger partial charge in [-0.2, -0.15) is 5.10 Å². The second kappa shape index (κ2) is 4.64. The third-order valence-electron chi connectivity index (χ3n) is 2.95. The highest BCUT2D eigenvalue weighted by Crippen LogP contribution is 2.39. The number of methoxy groups -OCH3 is 1. The minimum Gasteiger partial charge on any atom is -0.496 e. The lowest BCUT2D eigenvalue weighted by atomic mass is 9.84. The predicted octanol–water partition coefficient (Wildman–Crippen LogP) is 3.66. The van der Waals surface area contributed by atoms with E-state index < -0.39 is 17.0 Å². The second-order valence-corrected chi connectivity index (χ2v) is 5.37. The molecule has 2 rings (SSSR count). The summed E-state index contributed by atoms with van der Waals surface area (Å²) in [5.74, 6) is -1.42. The van der Waals surface area contributed by atoms with Gasteiger partial charge in [0.15, 0.2) is 11.6 Å². The Kier molecular flexibility index (Phi) is 3.30. The summed E-state index contributed by atoms with van der Waals surface area (Å²) in [6.07, 6.45) is 2.95. The molecule has 0 radical (unpaired) electrons. The molecule has 1 heterocycles. The van der Waals surface area contributed by atoms with Crippen LogP contribution in [0, 0.1) is 11.6 Å². The van der Waals surface area contributed by atoms with Crippen molar-refractivity contribution in [3.05, 3.63) is 35.7 Å². The second-order valence-electron chi connectivity index (χ2n) is 5.37. The average Bonchev–Trinajstić information content (AvgIpc) is 2.84. The van der Waals surface area contributed by atoms with E-state index >= 15 is 0 Å². The van der Waals surface area contributed by atoms with Gasteiger partial charge in [0.2, 0.25) is 0 Å². The predicted molar refractivity (Wildman–Crippen MR) is 69.2 cm³/mol. The number of H-pyrrole nitrogens is 1. The molecular formula is C14H16F2N2O. The van der Waals surface area contributed by atoms with Gasteiger partial charge in [-0.05, 0) is 11.5 Å². The van der Waals surface area contributed by atoms with E-state index in [-0.39, 0.29) is 11.1 Å². The smallest absolute Gasteiger partial charge is 0.167 e. The van der Waals surface area contributed by atoms with E-state index in [1.54, 1.807) is 0 Å². The number of aromatic nitrogens is 2. The number of hydrogen-bond acceptors (Lipinski definition) is 2. The molecule has 1 aromatic carbocycles. The number of aromatic amines is 1. The first-order valence-electron chi connectivity index (χ1n) is 5.92. The van der Waals surface area contributed by atoms with E-state index in [0.717, 1.165) is 0 Å². The molecule has 102 valence electrons. The van der Waals surface area contributed by atoms with Crippen LogP contribution in [0.2, 0.25) is 0 Å². The van der Waals surface area contributed by atoms with Crippen molar-refractivity contribution in [2.24, 2.45) is 0 Å². The molecule has 0 fully saturated rings. The Hall–Kier alpha value is -1.91. The lowest BCUT2D eigenvalue weighted by Crippen LogP contribution is -2.17. The summed E-state index contributed by atoms with van der Waals surface area (Å²) in [6, 6.07) is 1.50. The van der Waals surface area contributed by atoms with Crippen LogP contribution >= 0.6 is 0 Å². The lowest BCUT2D eigenvalue weighted by Gasteiger charge is -2.23. The molecule has 1 aromatic heterocycles. The number of rotatable bonds is 2. The zero-order valence-corrected chi connectivity index (χ0v) is 11.3. The Morgan fingerprint density at radius 2 is 1.89 bits per heavy atom. The van der Waals surface area contributed by atoms with E-state index in [9.17, 15) is 8.78 Å². The molecule has 0 aliphatic rings. The number of nitrogens with zero attached hydrogens (tertiary/aromatic N) is 1. The molecule has 0 amide bonds. The van der Waals surface area contributed by atoms with Crippen LogP contribution in [0.4, 0.5) is 8.78 Å². The minimum atomic E-state index is -0.882. The maximum absolute atomic E-state index is 14.3. The largest absolute Gasteiger partial charge is 0.496 e. The average molecular weight is 266 g/mol. The molecule has 1 N–H and O–H groups in total. The molecule has 3 nitrogen and oxygen atoms in total. The highest BCUT2D eigenvalue weighted by molar-refractivity contribution is 5.66. The number of ether oxygens (including phenoxy) is 1. The molecule has 0 spiro atoms. The van der Waals surface area contributed by atoms with Gasteiger partial charge in [0.25, 0.3) is 0 Å². The summed E-state index contributed by atoms with van der Waals surface area (Å²) < 4.78 is 33.7. The minimum absolute atomic E-state index is 0.135. The Morgan fingerprint density at radius 3 is 2.37 bits per heavy atom. The van der Waals surface area contributed by atoms with Gasteiger partial charge in [-0.15, -0.1) is 0 Å². The van der Waals surface area contributed by atoms with E-state index in [2.05, 4.69) is 10.2 Å². The quantitative estimate of drug-likeness (QED) is 0.900. The summed E-state index contributed by atoms with van der Waals surface area (Å²) >= 11 is 0. The molecular weight excluding hydrogens is 250 g/mol. The first kappa shape index (κ1) is 13.5. The van der Waals surface area contributed by atoms with Crippen molar-refractivity contribution in [2.45, 2.75) is 26.2 Å². The number of hydrogen-bond donors (Lipinski definition) is 1. The first-order valence-corrected chi connectivity index (χ1v) is 5.92. The molecule has 0 unspecified atom stereocenters. The highest BCUT2D eigenvalue weighted by atomic mass is 19.2. The number of benzene rings is 1. The van der Waals surface area contributed by atoms with Crippen molar-refractivity contribution < 1.29 is 13.5 Å². The van der Waals surface area contributed by atoms with Gasteiger partial charge in [-0.1, -0.05) is 20.8 Å². The summed E-state index contributed by atoms with van der Waals surface area (Å²) in [5, 5.41) is 6.32. The van der Waals surface area contributed by atoms with Crippen LogP contribution in [0.15, 0.2) is 18.5 Å². The van der Waals surface area contributed by atoms with Crippen LogP contribution in [0.5, 0.6) is 5.75 Å². The molecule has 0 aliphatic heterocycles. The first-order chi connectivity index (χ1) is 8.86. The molecule has 5 heteroatoms. The fourth-order valence-electron chi connectivity index (χ4n) is 2.07. The molecule has 19 heavy (non-hydrogen) atoms. The van der Waals surface area contributed by atoms with Crippen molar-refractivity contribution in [1.82, 2.24) is 10.2 Å². The molecule has 0 saturated carbocycles. The van der Waals surface area contributed by atoms with Crippen molar-refractivity contribution >= 4 is 0 Å². The van der Waals surface area contributed by atoms with Crippen LogP contribution in [0.25, 0.3) is 11.1 Å². The van der Waals surface area contributed by atoms with Crippen molar-refractivity contribution in [3.8, 4) is 16.9 Å². The Morgan fingerprint density at radius 1 is 1.21 bits per heavy atom. The van der Waals surface area contributed by atoms with Crippen LogP contribution in [-0.2, 0) is 5.41 Å². The summed E-state index contributed by atoms with van der Waals surface area (Å²) in [7, 11) is 1.45. The van der Waals surface area contributed by atoms with Crippen molar-refractivity contribution in [1.29, 1.82) is 0 Å². The highest BCUT2D eigenvalue weighted by Gasteiger charge is 2.28. The SMILES string of the molecule is COc1cc(-c2cn[nH]c2)c(F)c(F)c1C(C)(C)C. The van der Waals surface area contributed by atoms with Gasteiger partial charge < -0.3 is 4.74 Å². The topological polar surface area (TPSA) is 37.9 Å². The maximum Gasteiger partial charge on any atom is 0.167 e. The molecule has 0 bridgehead atoms. The third-order valence-corrected chi connectivity index (χ3v) is 2.95. The normalized spacial score (nSPS) is 11.7. The van der Waals surface area contributed by atoms with Gasteiger partial charge in [0.05, 0.1) is 13.3 Å². The number of halogens is 2. The van der Waals surface area contributed by atoms with E-state index in [4.69, 9.17) is 4.74 Å². The van der Waals surface area contributed by atoms with Crippen molar-refractivity contribution in [2.75, 3.05) is 7.11 Å². The lowest BCUT2D eigenvalue weighted by molar-refractivity contribution is 0.380. The molecule has 2 aromatic rings. The molecule has 0 atom stereocenters. The van der Waals surface area contributed by atoms with Crippen LogP contribution in [0.3, 0.4) is 0 Å². The Bertz CT molecular complexity index is 586. The molecule has 0 saturated heterocycles. The summed E-state index contributed by atoms with van der Waals surface area (Å²) in [4.78, 5) is 0. The Balaban J connectivity index is 2.73. The zero-order chi connectivity index (χ0) is 14.2. The summed E-state index contributed by atoms with van der Waals surface area (Å²) in [6.45, 7) is 5.43. The van der Waals surface area contributed by atoms with E-state index in [1.807, 2.05) is 20.8 Å². The fourth-order valence-corrected chi connectivity index (χ4v) is 2.07. The van der Waals surface area contributed by atoms with E-state index in [0.29, 0.717) is 11.3 Å². The fraction of sp³-hybridized carbons (Fsp3) is 0.357. The van der Waals surface area contributed by atoms with E-state index in [1.165, 1.54) is 25.6 Å². The van der Waals surface area contributed by atoms with Crippen LogP contribution < -0.4 is 4.74 Å². The van der Waals surface area contributed by atoms with Crippen LogP contribution in [-0.4, -0.2) is 17.3 Å². The van der Waals surface area contributed by atoms with Gasteiger partial charge >= 0.3 is 0 Å². The maximum atomic E-state index is 14.3. The van der Waals surface area contributed by atoms with Crippen molar-refractivity contribution in [3.63, 3.8) is 0 Å². The standard InChI is InChI=1S/C14H16F2N2O/c1-14(2,3)11-10(19-4)5-9(12(15)13(11)16)8-6-17-18-7-8/h5-7H,1-4H3,(H,17,18). The van der Waals surface area contributed by atoms with Gasteiger partial charge in [-0.25, -0.2) is 8.78 Å².